The topological polar surface area (TPSA) is 24.5 Å². The van der Waals surface area contributed by atoms with Gasteiger partial charge in [0.1, 0.15) is 0 Å². The van der Waals surface area contributed by atoms with Gasteiger partial charge >= 0.3 is 0 Å². The maximum Gasteiger partial charge on any atom is 0.0710 e. The average molecular weight is 284 g/mol. The molecule has 0 bridgehead atoms. The van der Waals surface area contributed by atoms with Crippen molar-refractivity contribution in [1.82, 2.24) is 10.2 Å². The maximum absolute atomic E-state index is 5.46. The molecule has 3 rings (SSSR count). The lowest BCUT2D eigenvalue weighted by atomic mass is 10.0. The molecule has 1 aliphatic heterocycles. The molecule has 2 aromatic carbocycles. The Balaban J connectivity index is 1.75. The molecule has 2 aromatic rings. The Kier molecular flexibility index (Phi) is 4.54. The molecule has 1 heterocycles. The number of nitrogens with one attached hydrogen (secondary N) is 1. The normalized spacial score (nSPS) is 21.0. The van der Waals surface area contributed by atoms with Crippen molar-refractivity contribution in [3.63, 3.8) is 0 Å². The summed E-state index contributed by atoms with van der Waals surface area (Å²) in [5, 5.41) is 6.07. The number of hydrogen-bond donors (Lipinski definition) is 1. The lowest BCUT2D eigenvalue weighted by Gasteiger charge is -2.24. The van der Waals surface area contributed by atoms with Crippen LogP contribution in [0.3, 0.4) is 0 Å². The predicted molar refractivity (Wildman–Crippen MR) is 87.6 cm³/mol. The van der Waals surface area contributed by atoms with E-state index in [9.17, 15) is 0 Å². The third kappa shape index (κ3) is 3.26. The van der Waals surface area contributed by atoms with Crippen LogP contribution in [-0.2, 0) is 4.74 Å². The van der Waals surface area contributed by atoms with Crippen LogP contribution in [-0.4, -0.2) is 44.8 Å². The van der Waals surface area contributed by atoms with Crippen LogP contribution in [0.1, 0.15) is 18.0 Å². The van der Waals surface area contributed by atoms with Gasteiger partial charge in [0, 0.05) is 32.8 Å². The maximum atomic E-state index is 5.46. The summed E-state index contributed by atoms with van der Waals surface area (Å²) in [5.41, 5.74) is 1.36. The molecular formula is C18H24N2O. The first-order chi connectivity index (χ1) is 10.3. The van der Waals surface area contributed by atoms with Gasteiger partial charge in [-0.2, -0.15) is 0 Å². The predicted octanol–water partition coefficient (Wildman–Crippen LogP) is 2.82. The number of hydrogen-bond acceptors (Lipinski definition) is 3. The molecule has 1 saturated heterocycles. The van der Waals surface area contributed by atoms with Crippen molar-refractivity contribution in [2.24, 2.45) is 0 Å². The summed E-state index contributed by atoms with van der Waals surface area (Å²) < 4.78 is 5.46. The lowest BCUT2D eigenvalue weighted by Crippen LogP contribution is -2.33. The largest absolute Gasteiger partial charge is 0.380 e. The molecule has 2 atom stereocenters. The Morgan fingerprint density at radius 3 is 2.76 bits per heavy atom. The molecule has 3 heteroatoms. The Hall–Kier alpha value is -1.42. The average Bonchev–Trinajstić information content (AvgIpc) is 3.00. The van der Waals surface area contributed by atoms with Gasteiger partial charge in [0.05, 0.1) is 6.10 Å². The highest BCUT2D eigenvalue weighted by Gasteiger charge is 2.24. The molecule has 0 aromatic heterocycles. The SMILES string of the molecule is CNC(CN1CCC(OC)C1)c1ccc2ccccc2c1. The fraction of sp³-hybridized carbons (Fsp3) is 0.444. The van der Waals surface area contributed by atoms with Crippen LogP contribution in [0.15, 0.2) is 42.5 Å². The first kappa shape index (κ1) is 14.5. The molecule has 21 heavy (non-hydrogen) atoms. The third-order valence-electron chi connectivity index (χ3n) is 4.53. The van der Waals surface area contributed by atoms with E-state index in [0.717, 1.165) is 26.1 Å². The van der Waals surface area contributed by atoms with Gasteiger partial charge < -0.3 is 10.1 Å². The van der Waals surface area contributed by atoms with Crippen LogP contribution >= 0.6 is 0 Å². The van der Waals surface area contributed by atoms with Gasteiger partial charge in [-0.05, 0) is 35.9 Å². The number of likely N-dealkylation sites (tertiary alicyclic amines) is 1. The van der Waals surface area contributed by atoms with Gasteiger partial charge in [0.2, 0.25) is 0 Å². The molecule has 2 unspecified atom stereocenters. The number of methoxy groups -OCH3 is 1. The summed E-state index contributed by atoms with van der Waals surface area (Å²) >= 11 is 0. The lowest BCUT2D eigenvalue weighted by molar-refractivity contribution is 0.107. The van der Waals surface area contributed by atoms with Gasteiger partial charge in [-0.3, -0.25) is 4.90 Å². The molecular weight excluding hydrogens is 260 g/mol. The van der Waals surface area contributed by atoms with E-state index in [1.165, 1.54) is 16.3 Å². The van der Waals surface area contributed by atoms with E-state index in [-0.39, 0.29) is 0 Å². The summed E-state index contributed by atoms with van der Waals surface area (Å²) in [6.07, 6.45) is 1.55. The van der Waals surface area contributed by atoms with Gasteiger partial charge in [-0.25, -0.2) is 0 Å². The Labute approximate surface area is 126 Å². The fourth-order valence-electron chi connectivity index (χ4n) is 3.20. The summed E-state index contributed by atoms with van der Waals surface area (Å²) in [5.74, 6) is 0. The number of ether oxygens (including phenoxy) is 1. The van der Waals surface area contributed by atoms with E-state index in [4.69, 9.17) is 4.74 Å². The molecule has 3 nitrogen and oxygen atoms in total. The number of nitrogens with zero attached hydrogens (tertiary/aromatic N) is 1. The van der Waals surface area contributed by atoms with E-state index in [1.807, 2.05) is 14.2 Å². The van der Waals surface area contributed by atoms with Crippen LogP contribution in [0.2, 0.25) is 0 Å². The number of likely N-dealkylation sites (N-methyl/N-ethyl adjacent to an activating group) is 1. The zero-order chi connectivity index (χ0) is 14.7. The smallest absolute Gasteiger partial charge is 0.0710 e. The second-order valence-electron chi connectivity index (χ2n) is 5.85. The first-order valence-corrected chi connectivity index (χ1v) is 7.71. The Bertz CT molecular complexity index is 599. The molecule has 1 fully saturated rings. The van der Waals surface area contributed by atoms with E-state index in [1.54, 1.807) is 0 Å². The van der Waals surface area contributed by atoms with Crippen LogP contribution < -0.4 is 5.32 Å². The van der Waals surface area contributed by atoms with Crippen molar-refractivity contribution in [1.29, 1.82) is 0 Å². The highest BCUT2D eigenvalue weighted by atomic mass is 16.5. The molecule has 112 valence electrons. The second-order valence-corrected chi connectivity index (χ2v) is 5.85. The van der Waals surface area contributed by atoms with Gasteiger partial charge in [0.15, 0.2) is 0 Å². The number of fused-ring (bicyclic) bond motifs is 1. The summed E-state index contributed by atoms with van der Waals surface area (Å²) in [6, 6.07) is 15.7. The van der Waals surface area contributed by atoms with Crippen molar-refractivity contribution < 1.29 is 4.74 Å². The Morgan fingerprint density at radius 1 is 1.24 bits per heavy atom. The molecule has 1 aliphatic rings. The van der Waals surface area contributed by atoms with E-state index < -0.39 is 0 Å². The second kappa shape index (κ2) is 6.56. The van der Waals surface area contributed by atoms with Crippen LogP contribution in [0.4, 0.5) is 0 Å². The zero-order valence-corrected chi connectivity index (χ0v) is 12.9. The van der Waals surface area contributed by atoms with Crippen molar-refractivity contribution >= 4 is 10.8 Å². The Morgan fingerprint density at radius 2 is 2.05 bits per heavy atom. The minimum Gasteiger partial charge on any atom is -0.380 e. The van der Waals surface area contributed by atoms with Gasteiger partial charge in [-0.1, -0.05) is 36.4 Å². The minimum absolute atomic E-state index is 0.366. The molecule has 0 saturated carbocycles. The van der Waals surface area contributed by atoms with Crippen molar-refractivity contribution in [2.45, 2.75) is 18.6 Å². The highest BCUT2D eigenvalue weighted by Crippen LogP contribution is 2.22. The minimum atomic E-state index is 0.366. The number of benzene rings is 2. The van der Waals surface area contributed by atoms with Crippen LogP contribution in [0.5, 0.6) is 0 Å². The van der Waals surface area contributed by atoms with Gasteiger partial charge in [0.25, 0.3) is 0 Å². The molecule has 0 aliphatic carbocycles. The van der Waals surface area contributed by atoms with E-state index in [2.05, 4.69) is 52.7 Å². The summed E-state index contributed by atoms with van der Waals surface area (Å²) in [4.78, 5) is 2.49. The quantitative estimate of drug-likeness (QED) is 0.914. The summed E-state index contributed by atoms with van der Waals surface area (Å²) in [6.45, 7) is 3.21. The molecule has 0 spiro atoms. The summed E-state index contributed by atoms with van der Waals surface area (Å²) in [7, 11) is 3.86. The molecule has 1 N–H and O–H groups in total. The molecule has 0 radical (unpaired) electrons. The number of rotatable bonds is 5. The first-order valence-electron chi connectivity index (χ1n) is 7.71. The van der Waals surface area contributed by atoms with E-state index >= 15 is 0 Å². The van der Waals surface area contributed by atoms with E-state index in [0.29, 0.717) is 12.1 Å². The van der Waals surface area contributed by atoms with Gasteiger partial charge in [-0.15, -0.1) is 0 Å². The van der Waals surface area contributed by atoms with Crippen LogP contribution in [0, 0.1) is 0 Å². The highest BCUT2D eigenvalue weighted by molar-refractivity contribution is 5.83. The fourth-order valence-corrected chi connectivity index (χ4v) is 3.20. The van der Waals surface area contributed by atoms with Crippen molar-refractivity contribution in [3.8, 4) is 0 Å². The molecule has 0 amide bonds. The standard InChI is InChI=1S/C18H24N2O/c1-19-18(13-20-10-9-17(12-20)21-2)16-8-7-14-5-3-4-6-15(14)11-16/h3-8,11,17-19H,9-10,12-13H2,1-2H3. The zero-order valence-electron chi connectivity index (χ0n) is 12.9. The monoisotopic (exact) mass is 284 g/mol. The van der Waals surface area contributed by atoms with Crippen molar-refractivity contribution in [2.75, 3.05) is 33.8 Å². The van der Waals surface area contributed by atoms with Crippen molar-refractivity contribution in [3.05, 3.63) is 48.0 Å². The third-order valence-corrected chi connectivity index (χ3v) is 4.53. The van der Waals surface area contributed by atoms with Crippen LogP contribution in [0.25, 0.3) is 10.8 Å².